The van der Waals surface area contributed by atoms with Gasteiger partial charge < -0.3 is 14.8 Å². The molecular formula is C16H25NO2. The molecule has 0 aliphatic carbocycles. The van der Waals surface area contributed by atoms with Crippen molar-refractivity contribution >= 4 is 0 Å². The largest absolute Gasteiger partial charge is 0.494 e. The highest BCUT2D eigenvalue weighted by Gasteiger charge is 2.12. The zero-order chi connectivity index (χ0) is 13.3. The minimum Gasteiger partial charge on any atom is -0.494 e. The van der Waals surface area contributed by atoms with Crippen molar-refractivity contribution in [2.24, 2.45) is 0 Å². The van der Waals surface area contributed by atoms with Crippen LogP contribution in [0.4, 0.5) is 0 Å². The van der Waals surface area contributed by atoms with Crippen molar-refractivity contribution in [3.8, 4) is 11.5 Å². The van der Waals surface area contributed by atoms with Gasteiger partial charge in [0.15, 0.2) is 0 Å². The van der Waals surface area contributed by atoms with E-state index in [1.165, 1.54) is 25.8 Å². The normalized spacial score (nSPS) is 18.5. The van der Waals surface area contributed by atoms with E-state index in [0.29, 0.717) is 6.04 Å². The molecule has 1 aliphatic rings. The molecule has 3 nitrogen and oxygen atoms in total. The van der Waals surface area contributed by atoms with Crippen molar-refractivity contribution in [1.29, 1.82) is 0 Å². The lowest BCUT2D eigenvalue weighted by Crippen LogP contribution is -2.21. The molecule has 0 spiro atoms. The first-order valence-corrected chi connectivity index (χ1v) is 7.47. The van der Waals surface area contributed by atoms with Crippen LogP contribution in [0.5, 0.6) is 11.5 Å². The van der Waals surface area contributed by atoms with Crippen LogP contribution in [0, 0.1) is 0 Å². The topological polar surface area (TPSA) is 30.5 Å². The molecule has 1 aromatic rings. The maximum atomic E-state index is 5.74. The van der Waals surface area contributed by atoms with Crippen LogP contribution in [0.3, 0.4) is 0 Å². The second kappa shape index (κ2) is 8.05. The minimum atomic E-state index is 0.716. The predicted octanol–water partition coefficient (Wildman–Crippen LogP) is 3.39. The van der Waals surface area contributed by atoms with Gasteiger partial charge in [0.2, 0.25) is 0 Å². The standard InChI is InChI=1S/C16H25NO2/c1-2-12-18-15-7-9-16(10-8-15)19-13-4-6-14-5-3-11-17-14/h7-10,14,17H,2-6,11-13H2,1H3. The predicted molar refractivity (Wildman–Crippen MR) is 78.0 cm³/mol. The van der Waals surface area contributed by atoms with E-state index in [0.717, 1.165) is 37.6 Å². The first-order valence-electron chi connectivity index (χ1n) is 7.47. The summed E-state index contributed by atoms with van der Waals surface area (Å²) in [5, 5.41) is 3.51. The Morgan fingerprint density at radius 1 is 1.11 bits per heavy atom. The minimum absolute atomic E-state index is 0.716. The molecule has 3 heteroatoms. The lowest BCUT2D eigenvalue weighted by atomic mass is 10.1. The van der Waals surface area contributed by atoms with E-state index in [1.54, 1.807) is 0 Å². The third-order valence-corrected chi connectivity index (χ3v) is 3.42. The van der Waals surface area contributed by atoms with Gasteiger partial charge in [0.25, 0.3) is 0 Å². The Balaban J connectivity index is 1.62. The van der Waals surface area contributed by atoms with Crippen LogP contribution < -0.4 is 14.8 Å². The van der Waals surface area contributed by atoms with Crippen molar-refractivity contribution in [1.82, 2.24) is 5.32 Å². The van der Waals surface area contributed by atoms with Gasteiger partial charge in [-0.3, -0.25) is 0 Å². The Labute approximate surface area is 116 Å². The number of ether oxygens (including phenoxy) is 2. The summed E-state index contributed by atoms with van der Waals surface area (Å²) in [6, 6.07) is 8.64. The quantitative estimate of drug-likeness (QED) is 0.729. The summed E-state index contributed by atoms with van der Waals surface area (Å²) < 4.78 is 11.3. The summed E-state index contributed by atoms with van der Waals surface area (Å²) in [5.41, 5.74) is 0. The fourth-order valence-corrected chi connectivity index (χ4v) is 2.37. The SMILES string of the molecule is CCCOc1ccc(OCCCC2CCCN2)cc1. The second-order valence-electron chi connectivity index (χ2n) is 5.10. The molecule has 0 radical (unpaired) electrons. The number of hydrogen-bond donors (Lipinski definition) is 1. The van der Waals surface area contributed by atoms with Crippen molar-refractivity contribution in [3.63, 3.8) is 0 Å². The van der Waals surface area contributed by atoms with Crippen LogP contribution in [-0.2, 0) is 0 Å². The van der Waals surface area contributed by atoms with Gasteiger partial charge in [-0.05, 0) is 62.9 Å². The Morgan fingerprint density at radius 2 is 1.79 bits per heavy atom. The van der Waals surface area contributed by atoms with Gasteiger partial charge in [-0.15, -0.1) is 0 Å². The van der Waals surface area contributed by atoms with E-state index >= 15 is 0 Å². The fraction of sp³-hybridized carbons (Fsp3) is 0.625. The molecule has 1 aliphatic heterocycles. The molecule has 1 unspecified atom stereocenters. The summed E-state index contributed by atoms with van der Waals surface area (Å²) in [5.74, 6) is 1.85. The third kappa shape index (κ3) is 5.11. The summed E-state index contributed by atoms with van der Waals surface area (Å²) in [6.07, 6.45) is 6.02. The molecule has 0 saturated carbocycles. The van der Waals surface area contributed by atoms with Gasteiger partial charge in [-0.25, -0.2) is 0 Å². The lowest BCUT2D eigenvalue weighted by Gasteiger charge is -2.11. The van der Waals surface area contributed by atoms with Crippen LogP contribution >= 0.6 is 0 Å². The van der Waals surface area contributed by atoms with Gasteiger partial charge in [0, 0.05) is 6.04 Å². The van der Waals surface area contributed by atoms with E-state index in [4.69, 9.17) is 9.47 Å². The molecule has 0 amide bonds. The van der Waals surface area contributed by atoms with Crippen LogP contribution in [0.1, 0.15) is 39.0 Å². The zero-order valence-electron chi connectivity index (χ0n) is 11.9. The number of rotatable bonds is 8. The molecule has 0 bridgehead atoms. The highest BCUT2D eigenvalue weighted by molar-refractivity contribution is 5.31. The molecule has 1 heterocycles. The molecule has 1 aromatic carbocycles. The van der Waals surface area contributed by atoms with Crippen molar-refractivity contribution in [2.45, 2.75) is 45.1 Å². The third-order valence-electron chi connectivity index (χ3n) is 3.42. The van der Waals surface area contributed by atoms with E-state index in [2.05, 4.69) is 12.2 Å². The second-order valence-corrected chi connectivity index (χ2v) is 5.10. The fourth-order valence-electron chi connectivity index (χ4n) is 2.37. The molecule has 0 aromatic heterocycles. The van der Waals surface area contributed by atoms with E-state index in [9.17, 15) is 0 Å². The number of hydrogen-bond acceptors (Lipinski definition) is 3. The number of nitrogens with one attached hydrogen (secondary N) is 1. The molecule has 1 fully saturated rings. The first-order chi connectivity index (χ1) is 9.38. The molecule has 1 saturated heterocycles. The first kappa shape index (κ1) is 14.2. The maximum Gasteiger partial charge on any atom is 0.119 e. The molecule has 2 rings (SSSR count). The Bertz CT molecular complexity index is 344. The van der Waals surface area contributed by atoms with Crippen LogP contribution in [-0.4, -0.2) is 25.8 Å². The van der Waals surface area contributed by atoms with Crippen molar-refractivity contribution < 1.29 is 9.47 Å². The van der Waals surface area contributed by atoms with Gasteiger partial charge >= 0.3 is 0 Å². The molecular weight excluding hydrogens is 238 g/mol. The van der Waals surface area contributed by atoms with E-state index < -0.39 is 0 Å². The van der Waals surface area contributed by atoms with E-state index in [-0.39, 0.29) is 0 Å². The molecule has 19 heavy (non-hydrogen) atoms. The van der Waals surface area contributed by atoms with Gasteiger partial charge in [0.1, 0.15) is 11.5 Å². The van der Waals surface area contributed by atoms with Crippen LogP contribution in [0.2, 0.25) is 0 Å². The smallest absolute Gasteiger partial charge is 0.119 e. The average Bonchev–Trinajstić information content (AvgIpc) is 2.96. The number of benzene rings is 1. The summed E-state index contributed by atoms with van der Waals surface area (Å²) in [7, 11) is 0. The summed E-state index contributed by atoms with van der Waals surface area (Å²) in [4.78, 5) is 0. The van der Waals surface area contributed by atoms with Gasteiger partial charge in [-0.1, -0.05) is 6.92 Å². The summed E-state index contributed by atoms with van der Waals surface area (Å²) in [6.45, 7) is 4.86. The van der Waals surface area contributed by atoms with Gasteiger partial charge in [-0.2, -0.15) is 0 Å². The Morgan fingerprint density at radius 3 is 2.37 bits per heavy atom. The lowest BCUT2D eigenvalue weighted by molar-refractivity contribution is 0.296. The Hall–Kier alpha value is -1.22. The highest BCUT2D eigenvalue weighted by Crippen LogP contribution is 2.18. The van der Waals surface area contributed by atoms with E-state index in [1.807, 2.05) is 24.3 Å². The molecule has 1 atom stereocenters. The van der Waals surface area contributed by atoms with Crippen LogP contribution in [0.15, 0.2) is 24.3 Å². The monoisotopic (exact) mass is 263 g/mol. The maximum absolute atomic E-state index is 5.74. The van der Waals surface area contributed by atoms with Crippen LogP contribution in [0.25, 0.3) is 0 Å². The highest BCUT2D eigenvalue weighted by atomic mass is 16.5. The Kier molecular flexibility index (Phi) is 6.02. The van der Waals surface area contributed by atoms with Crippen molar-refractivity contribution in [3.05, 3.63) is 24.3 Å². The summed E-state index contributed by atoms with van der Waals surface area (Å²) >= 11 is 0. The molecule has 106 valence electrons. The zero-order valence-corrected chi connectivity index (χ0v) is 11.9. The molecule has 1 N–H and O–H groups in total. The van der Waals surface area contributed by atoms with Crippen molar-refractivity contribution in [2.75, 3.05) is 19.8 Å². The average molecular weight is 263 g/mol. The van der Waals surface area contributed by atoms with Gasteiger partial charge in [0.05, 0.1) is 13.2 Å².